The fraction of sp³-hybridized carbons (Fsp3) is 0.520. The largest absolute Gasteiger partial charge is 0.501 e. The maximum atomic E-state index is 13.1. The molecule has 1 aromatic carbocycles. The third kappa shape index (κ3) is 9.23. The molecule has 2 unspecified atom stereocenters. The number of ether oxygens (including phenoxy) is 2. The van der Waals surface area contributed by atoms with E-state index in [2.05, 4.69) is 20.6 Å². The van der Waals surface area contributed by atoms with Gasteiger partial charge in [-0.1, -0.05) is 12.1 Å². The number of aromatic hydroxyl groups is 1. The highest BCUT2D eigenvalue weighted by molar-refractivity contribution is 5.94. The minimum absolute atomic E-state index is 0.00191. The molecule has 37 heavy (non-hydrogen) atoms. The molecule has 3 atom stereocenters. The average molecular weight is 523 g/mol. The second-order valence-electron chi connectivity index (χ2n) is 9.55. The van der Waals surface area contributed by atoms with Crippen molar-refractivity contribution in [3.63, 3.8) is 0 Å². The van der Waals surface area contributed by atoms with Crippen LogP contribution in [0.5, 0.6) is 5.75 Å². The van der Waals surface area contributed by atoms with E-state index in [1.807, 2.05) is 0 Å². The van der Waals surface area contributed by atoms with Gasteiger partial charge in [-0.05, 0) is 58.2 Å². The molecule has 11 nitrogen and oxygen atoms in total. The number of aromatic nitrogens is 2. The van der Waals surface area contributed by atoms with E-state index < -0.39 is 58.5 Å². The number of halogens is 1. The molecule has 1 amide bonds. The molecule has 1 aromatic heterocycles. The first-order chi connectivity index (χ1) is 17.3. The van der Waals surface area contributed by atoms with Gasteiger partial charge in [-0.25, -0.2) is 9.37 Å². The van der Waals surface area contributed by atoms with Crippen LogP contribution in [0.2, 0.25) is 0 Å². The number of H-pyrrole nitrogens is 1. The lowest BCUT2D eigenvalue weighted by Gasteiger charge is -2.26. The Morgan fingerprint density at radius 2 is 1.84 bits per heavy atom. The van der Waals surface area contributed by atoms with Crippen molar-refractivity contribution < 1.29 is 33.7 Å². The number of carbonyl (C=O) groups excluding carboxylic acids is 2. The Hall–Kier alpha value is -3.35. The molecule has 5 N–H and O–H groups in total. The quantitative estimate of drug-likeness (QED) is 0.261. The lowest BCUT2D eigenvalue weighted by atomic mass is 10.1. The molecule has 0 fully saturated rings. The van der Waals surface area contributed by atoms with Gasteiger partial charge in [0, 0.05) is 13.7 Å². The molecule has 0 aliphatic heterocycles. The van der Waals surface area contributed by atoms with Gasteiger partial charge in [0.1, 0.15) is 23.3 Å². The summed E-state index contributed by atoms with van der Waals surface area (Å²) in [5.74, 6) is -2.66. The zero-order valence-corrected chi connectivity index (χ0v) is 21.6. The van der Waals surface area contributed by atoms with Gasteiger partial charge < -0.3 is 30.0 Å². The summed E-state index contributed by atoms with van der Waals surface area (Å²) in [5.41, 5.74) is -1.58. The van der Waals surface area contributed by atoms with E-state index in [1.54, 1.807) is 27.7 Å². The zero-order chi connectivity index (χ0) is 27.8. The van der Waals surface area contributed by atoms with Crippen LogP contribution >= 0.6 is 0 Å². The van der Waals surface area contributed by atoms with Gasteiger partial charge in [0.25, 0.3) is 11.5 Å². The van der Waals surface area contributed by atoms with E-state index in [1.165, 1.54) is 31.4 Å². The van der Waals surface area contributed by atoms with E-state index in [0.717, 1.165) is 0 Å². The highest BCUT2D eigenvalue weighted by Crippen LogP contribution is 2.20. The lowest BCUT2D eigenvalue weighted by molar-refractivity contribution is -0.157. The fourth-order valence-electron chi connectivity index (χ4n) is 3.37. The predicted molar refractivity (Wildman–Crippen MR) is 132 cm³/mol. The van der Waals surface area contributed by atoms with Crippen LogP contribution in [0.4, 0.5) is 4.39 Å². The number of rotatable bonds is 12. The second kappa shape index (κ2) is 13.3. The molecule has 0 saturated heterocycles. The highest BCUT2D eigenvalue weighted by Gasteiger charge is 2.28. The van der Waals surface area contributed by atoms with Crippen LogP contribution in [0.15, 0.2) is 29.1 Å². The number of amides is 1. The summed E-state index contributed by atoms with van der Waals surface area (Å²) in [4.78, 5) is 44.4. The van der Waals surface area contributed by atoms with Crippen molar-refractivity contribution in [3.8, 4) is 5.75 Å². The van der Waals surface area contributed by atoms with Crippen molar-refractivity contribution in [1.29, 1.82) is 0 Å². The number of benzene rings is 1. The van der Waals surface area contributed by atoms with Gasteiger partial charge in [-0.15, -0.1) is 0 Å². The highest BCUT2D eigenvalue weighted by atomic mass is 19.1. The molecule has 0 aliphatic carbocycles. The van der Waals surface area contributed by atoms with Crippen LogP contribution < -0.4 is 16.2 Å². The van der Waals surface area contributed by atoms with Crippen LogP contribution in [0, 0.1) is 5.82 Å². The lowest BCUT2D eigenvalue weighted by Crippen LogP contribution is -2.42. The standard InChI is InChI=1S/C25H35FN4O7/c1-14(24(35)37-25(2,3)4)28-18(11-10-17(13-31)36-5)21-29-19(20(32)23(34)30-21)22(33)27-12-15-6-8-16(26)9-7-15/h6-9,14,17-18,28,31-32H,10-13H2,1-5H3,(H,27,33)(H,29,30,34)/t14?,17-,18?/m0/s1. The van der Waals surface area contributed by atoms with Crippen LogP contribution in [-0.2, 0) is 20.8 Å². The number of aliphatic hydroxyl groups is 1. The van der Waals surface area contributed by atoms with Gasteiger partial charge in [-0.3, -0.25) is 19.7 Å². The molecule has 0 spiro atoms. The first kappa shape index (κ1) is 29.9. The molecule has 1 heterocycles. The summed E-state index contributed by atoms with van der Waals surface area (Å²) in [6.45, 7) is 6.53. The van der Waals surface area contributed by atoms with Crippen molar-refractivity contribution >= 4 is 11.9 Å². The zero-order valence-electron chi connectivity index (χ0n) is 21.6. The molecule has 0 saturated carbocycles. The number of hydrogen-bond donors (Lipinski definition) is 5. The van der Waals surface area contributed by atoms with Crippen LogP contribution in [0.25, 0.3) is 0 Å². The van der Waals surface area contributed by atoms with Gasteiger partial charge in [-0.2, -0.15) is 0 Å². The minimum Gasteiger partial charge on any atom is -0.501 e. The number of hydrogen-bond acceptors (Lipinski definition) is 9. The summed E-state index contributed by atoms with van der Waals surface area (Å²) in [6, 6.07) is 3.85. The molecule has 0 bridgehead atoms. The summed E-state index contributed by atoms with van der Waals surface area (Å²) < 4.78 is 23.7. The van der Waals surface area contributed by atoms with Crippen LogP contribution in [0.1, 0.15) is 68.5 Å². The van der Waals surface area contributed by atoms with Gasteiger partial charge in [0.05, 0.1) is 18.8 Å². The monoisotopic (exact) mass is 522 g/mol. The molecular weight excluding hydrogens is 487 g/mol. The van der Waals surface area contributed by atoms with E-state index in [0.29, 0.717) is 12.0 Å². The molecular formula is C25H35FN4O7. The Balaban J connectivity index is 2.31. The van der Waals surface area contributed by atoms with E-state index in [4.69, 9.17) is 9.47 Å². The Bertz CT molecular complexity index is 1110. The van der Waals surface area contributed by atoms with Crippen molar-refractivity contribution in [2.45, 2.75) is 70.9 Å². The smallest absolute Gasteiger partial charge is 0.323 e. The first-order valence-electron chi connectivity index (χ1n) is 11.8. The third-order valence-electron chi connectivity index (χ3n) is 5.35. The van der Waals surface area contributed by atoms with Crippen molar-refractivity contribution in [2.75, 3.05) is 13.7 Å². The maximum Gasteiger partial charge on any atom is 0.323 e. The van der Waals surface area contributed by atoms with E-state index >= 15 is 0 Å². The fourth-order valence-corrected chi connectivity index (χ4v) is 3.37. The molecule has 12 heteroatoms. The molecule has 2 rings (SSSR count). The average Bonchev–Trinajstić information content (AvgIpc) is 2.83. The van der Waals surface area contributed by atoms with Crippen molar-refractivity contribution in [1.82, 2.24) is 20.6 Å². The van der Waals surface area contributed by atoms with Crippen molar-refractivity contribution in [3.05, 3.63) is 57.5 Å². The number of nitrogens with zero attached hydrogens (tertiary/aromatic N) is 1. The first-order valence-corrected chi connectivity index (χ1v) is 11.8. The van der Waals surface area contributed by atoms with Crippen molar-refractivity contribution in [2.24, 2.45) is 0 Å². The predicted octanol–water partition coefficient (Wildman–Crippen LogP) is 1.69. The van der Waals surface area contributed by atoms with Crippen LogP contribution in [-0.4, -0.2) is 63.5 Å². The summed E-state index contributed by atoms with van der Waals surface area (Å²) >= 11 is 0. The normalized spacial score (nSPS) is 14.0. The number of carbonyl (C=O) groups is 2. The molecule has 0 radical (unpaired) electrons. The number of nitrogens with one attached hydrogen (secondary N) is 3. The van der Waals surface area contributed by atoms with E-state index in [9.17, 15) is 29.0 Å². The van der Waals surface area contributed by atoms with E-state index in [-0.39, 0.29) is 25.4 Å². The Morgan fingerprint density at radius 3 is 2.41 bits per heavy atom. The number of methoxy groups -OCH3 is 1. The summed E-state index contributed by atoms with van der Waals surface area (Å²) in [7, 11) is 1.44. The van der Waals surface area contributed by atoms with Gasteiger partial charge in [0.15, 0.2) is 5.69 Å². The van der Waals surface area contributed by atoms with Gasteiger partial charge >= 0.3 is 5.97 Å². The topological polar surface area (TPSA) is 163 Å². The number of aliphatic hydroxyl groups excluding tert-OH is 1. The Morgan fingerprint density at radius 1 is 1.19 bits per heavy atom. The Labute approximate surface area is 214 Å². The summed E-state index contributed by atoms with van der Waals surface area (Å²) in [6.07, 6.45) is 0.0577. The maximum absolute atomic E-state index is 13.1. The summed E-state index contributed by atoms with van der Waals surface area (Å²) in [5, 5.41) is 25.3. The minimum atomic E-state index is -0.945. The molecule has 204 valence electrons. The third-order valence-corrected chi connectivity index (χ3v) is 5.35. The SMILES string of the molecule is CO[C@H](CO)CCC(NC(C)C(=O)OC(C)(C)C)c1nc(C(=O)NCc2ccc(F)cc2)c(O)c(=O)[nH]1. The number of esters is 1. The number of aromatic amines is 1. The van der Waals surface area contributed by atoms with Crippen LogP contribution in [0.3, 0.4) is 0 Å². The molecule has 0 aliphatic rings. The van der Waals surface area contributed by atoms with Gasteiger partial charge in [0.2, 0.25) is 5.75 Å². The Kier molecular flexibility index (Phi) is 10.7. The second-order valence-corrected chi connectivity index (χ2v) is 9.55. The molecule has 2 aromatic rings.